The van der Waals surface area contributed by atoms with E-state index in [1.165, 1.54) is 35.8 Å². The number of carbonyl (C=O) groups excluding carboxylic acids is 4. The van der Waals surface area contributed by atoms with Crippen molar-refractivity contribution in [3.63, 3.8) is 0 Å². The highest BCUT2D eigenvalue weighted by Gasteiger charge is 2.81. The molecule has 32 nitrogen and oxygen atoms in total. The number of esters is 2. The molecule has 2 aromatic heterocycles. The van der Waals surface area contributed by atoms with Crippen LogP contribution in [0.15, 0.2) is 97.1 Å². The number of nitrogens with zero attached hydrogens (tertiary/aromatic N) is 6. The summed E-state index contributed by atoms with van der Waals surface area (Å²) >= 11 is 0. The number of methoxy groups -OCH3 is 4. The van der Waals surface area contributed by atoms with E-state index < -0.39 is 124 Å². The van der Waals surface area contributed by atoms with Crippen LogP contribution in [0.2, 0.25) is 0 Å². The topological polar surface area (TPSA) is 451 Å². The lowest BCUT2D eigenvalue weighted by Gasteiger charge is -2.63. The van der Waals surface area contributed by atoms with Gasteiger partial charge in [-0.1, -0.05) is 110 Å². The summed E-state index contributed by atoms with van der Waals surface area (Å²) in [5.74, 6) is -1.05. The molecule has 2 aliphatic carbocycles. The van der Waals surface area contributed by atoms with Crippen LogP contribution in [0.25, 0.3) is 21.8 Å². The minimum atomic E-state index is -4.67. The van der Waals surface area contributed by atoms with Crippen molar-refractivity contribution >= 4 is 99.3 Å². The van der Waals surface area contributed by atoms with E-state index in [2.05, 4.69) is 76.6 Å². The largest absolute Gasteiger partial charge is 0.496 e. The summed E-state index contributed by atoms with van der Waals surface area (Å²) in [6.45, 7) is 14.5. The quantitative estimate of drug-likeness (QED) is 0.0149. The van der Waals surface area contributed by atoms with Gasteiger partial charge in [0, 0.05) is 193 Å². The number of hydrogen-bond donors (Lipinski definition) is 14. The fraction of sp³-hybridized carbons (Fsp3) is 0.600. The number of aromatic amines is 2. The fourth-order valence-corrected chi connectivity index (χ4v) is 28.7. The molecule has 36 heteroatoms. The van der Waals surface area contributed by atoms with Gasteiger partial charge in [-0.3, -0.25) is 57.0 Å². The van der Waals surface area contributed by atoms with Crippen molar-refractivity contribution in [3.05, 3.63) is 142 Å². The fourth-order valence-electron chi connectivity index (χ4n) is 26.9. The second-order valence-corrected chi connectivity index (χ2v) is 41.8. The number of aromatic nitrogens is 2. The van der Waals surface area contributed by atoms with E-state index in [0.29, 0.717) is 164 Å². The lowest BCUT2D eigenvalue weighted by molar-refractivity contribution is -0.203. The van der Waals surface area contributed by atoms with Crippen molar-refractivity contribution in [2.75, 3.05) is 142 Å². The van der Waals surface area contributed by atoms with Crippen molar-refractivity contribution in [2.24, 2.45) is 22.7 Å². The number of fused-ring (bicyclic) bond motifs is 12. The second kappa shape index (κ2) is 33.4. The molecule has 2 spiro atoms. The highest BCUT2D eigenvalue weighted by molar-refractivity contribution is 8.76. The van der Waals surface area contributed by atoms with E-state index in [9.17, 15) is 30.6 Å². The molecule has 2 amide bonds. The number of anilines is 2. The summed E-state index contributed by atoms with van der Waals surface area (Å²) in [5, 5.41) is 87.6. The van der Waals surface area contributed by atoms with Gasteiger partial charge in [0.1, 0.15) is 34.5 Å². The Morgan fingerprint density at radius 1 is 0.516 bits per heavy atom. The van der Waals surface area contributed by atoms with Crippen LogP contribution in [0, 0.1) is 22.7 Å². The second-order valence-electron chi connectivity index (χ2n) is 37.3. The lowest BCUT2D eigenvalue weighted by Crippen LogP contribution is -2.81. The van der Waals surface area contributed by atoms with Crippen molar-refractivity contribution in [1.29, 1.82) is 0 Å². The third-order valence-electron chi connectivity index (χ3n) is 31.4. The molecule has 14 N–H and O–H groups in total. The molecular weight excluding hydrogens is 1700 g/mol. The maximum atomic E-state index is 15.8. The number of para-hydroxylation sites is 2. The number of ether oxygens (including phenoxy) is 4. The summed E-state index contributed by atoms with van der Waals surface area (Å²) in [5.41, 5.74) is -4.44. The third kappa shape index (κ3) is 14.2. The van der Waals surface area contributed by atoms with Crippen LogP contribution in [0.5, 0.6) is 11.5 Å². The first-order valence-electron chi connectivity index (χ1n) is 43.8. The molecule has 4 bridgehead atoms. The normalized spacial score (nSPS) is 35.6. The van der Waals surface area contributed by atoms with E-state index in [1.54, 1.807) is 14.2 Å². The highest BCUT2D eigenvalue weighted by Crippen LogP contribution is 2.71. The van der Waals surface area contributed by atoms with Crippen LogP contribution in [-0.4, -0.2) is 310 Å². The molecule has 0 radical (unpaired) electrons. The Morgan fingerprint density at radius 3 is 1.24 bits per heavy atom. The molecule has 6 aromatic rings. The molecule has 4 saturated heterocycles. The predicted molar refractivity (Wildman–Crippen MR) is 477 cm³/mol. The number of H-pyrrole nitrogens is 2. The van der Waals surface area contributed by atoms with Crippen LogP contribution in [0.3, 0.4) is 0 Å². The Kier molecular flexibility index (Phi) is 24.4. The van der Waals surface area contributed by atoms with E-state index in [4.69, 9.17) is 54.0 Å². The number of rotatable bonds is 19. The molecule has 2 saturated carbocycles. The summed E-state index contributed by atoms with van der Waals surface area (Å²) < 4.78 is 88.4. The molecule has 12 heterocycles. The maximum absolute atomic E-state index is 15.8. The molecule has 686 valence electrons. The van der Waals surface area contributed by atoms with Gasteiger partial charge >= 0.3 is 32.7 Å². The first-order valence-corrected chi connectivity index (χ1v) is 49.1. The minimum Gasteiger partial charge on any atom is -0.496 e. The van der Waals surface area contributed by atoms with Crippen LogP contribution < -0.4 is 29.9 Å². The monoisotopic (exact) mass is 1820 g/mol. The summed E-state index contributed by atoms with van der Waals surface area (Å²) in [4.78, 5) is 84.1. The Bertz CT molecular complexity index is 5220. The molecule has 10 aliphatic heterocycles. The van der Waals surface area contributed by atoms with E-state index in [0.717, 1.165) is 66.8 Å². The molecular formula is C90H120N10O22S4. The number of amides is 2. The van der Waals surface area contributed by atoms with Gasteiger partial charge in [0.05, 0.1) is 51.7 Å². The van der Waals surface area contributed by atoms with E-state index in [1.807, 2.05) is 112 Å². The number of aliphatic hydroxyl groups excluding tert-OH is 2. The van der Waals surface area contributed by atoms with Gasteiger partial charge in [-0.25, -0.2) is 0 Å². The van der Waals surface area contributed by atoms with Gasteiger partial charge in [-0.15, -0.1) is 0 Å². The van der Waals surface area contributed by atoms with Gasteiger partial charge in [0.2, 0.25) is 0 Å². The van der Waals surface area contributed by atoms with E-state index >= 15 is 19.2 Å². The minimum absolute atomic E-state index is 0.113. The van der Waals surface area contributed by atoms with Crippen molar-refractivity contribution < 1.29 is 104 Å². The van der Waals surface area contributed by atoms with Crippen molar-refractivity contribution in [1.82, 2.24) is 40.2 Å². The first kappa shape index (κ1) is 91.9. The average Bonchev–Trinajstić information content (AvgIpc) is 1.48. The number of carbonyl (C=O) groups is 4. The number of likely N-dealkylation sites (N-methyl/N-ethyl adjacent to an activating group) is 2. The van der Waals surface area contributed by atoms with Crippen LogP contribution in [-0.2, 0) is 84.0 Å². The van der Waals surface area contributed by atoms with Crippen LogP contribution in [0.1, 0.15) is 137 Å². The number of hydrogen-bond acceptors (Lipinski definition) is 26. The Morgan fingerprint density at radius 2 is 0.889 bits per heavy atom. The predicted octanol–water partition coefficient (Wildman–Crippen LogP) is 5.82. The molecule has 4 aromatic carbocycles. The van der Waals surface area contributed by atoms with Gasteiger partial charge in [0.15, 0.2) is 11.2 Å². The Balaban J connectivity index is 0.00000111. The third-order valence-corrected chi connectivity index (χ3v) is 33.8. The van der Waals surface area contributed by atoms with Crippen LogP contribution >= 0.6 is 21.6 Å². The van der Waals surface area contributed by atoms with Gasteiger partial charge in [-0.05, 0) is 148 Å². The zero-order chi connectivity index (χ0) is 90.4. The molecule has 12 aliphatic rings. The highest BCUT2D eigenvalue weighted by atomic mass is 33.1. The van der Waals surface area contributed by atoms with Crippen molar-refractivity contribution in [2.45, 2.75) is 185 Å². The SMILES string of the molecule is CCC1(O)CC2CN(CCc3c([nH]c4ccccc34)C(C(=O)OC)(c3cc4c(cc3OC)N(C)C3C(O)(C(=O)NCCSSCCNC(=O)C5(O)C(O)C6(CC)C=CCN7CCC8(c9cc(C%10(C(=O)OC)CC%11CN(CCc%12c%10[nH]c%10ccccc%12%10)CC(O)(CC)C%11)c(OC)cc9N(C)C58)C76)C(O)C5(CC)C=CCN6CCC43C65)C2)C1.O=S(=O)(O)O.O=S(=O)(O)O. The zero-order valence-electron chi connectivity index (χ0n) is 72.9. The molecule has 20 unspecified atom stereocenters. The Labute approximate surface area is 742 Å². The maximum Gasteiger partial charge on any atom is 0.394 e. The van der Waals surface area contributed by atoms with Gasteiger partial charge < -0.3 is 80.0 Å². The first-order chi connectivity index (χ1) is 59.7. The number of benzene rings is 4. The summed E-state index contributed by atoms with van der Waals surface area (Å²) in [7, 11) is 3.47. The smallest absolute Gasteiger partial charge is 0.394 e. The number of aliphatic hydroxyl groups is 6. The van der Waals surface area contributed by atoms with Gasteiger partial charge in [0.25, 0.3) is 11.8 Å². The Hall–Kier alpha value is -7.44. The summed E-state index contributed by atoms with van der Waals surface area (Å²) in [6, 6.07) is 21.7. The average molecular weight is 1820 g/mol. The van der Waals surface area contributed by atoms with E-state index in [-0.39, 0.29) is 49.9 Å². The standard InChI is InChI=1S/C90H116N10O14S2.2H2O4S/c1-11-81(107)45-53-47-87(79(105)113-9,69-57(25-35-97(49-53)51-81)55-21-15-17-23-63(55)93-69)61-41-59-65(43-67(61)111-7)95(5)73-85(59)29-37-99-33-19-27-83(13-3,71(85)99)75(101)89(73,109)77(103)91-31-39-115-116-40-32-92-78(104)90(110)74-86(30-38-100-34-20-28-84(14-4,72(86)100)76(90)102)60-42-62(68(112-8)44-66(60)96(74)6)88(80(106)114-10)48-54-46-82(108,12-2)52-98(50-54)36-26-58-56-22-16-18-24-64(56)94-70(58)88;2*1-5(2,3)4/h15-24,27-28,41-44,53-54,71-76,93-94,101-102,107-110H,11-14,25-26,29-40,45-52H2,1-10H3,(H,91,103)(H,92,104);2*(H2,1,2,3,4). The molecule has 20 atom stereocenters. The lowest BCUT2D eigenvalue weighted by atomic mass is 9.47. The van der Waals surface area contributed by atoms with Gasteiger partial charge in [-0.2, -0.15) is 16.8 Å². The summed E-state index contributed by atoms with van der Waals surface area (Å²) in [6.07, 6.45) is 10.7. The molecule has 18 rings (SSSR count). The number of piperidine rings is 2. The number of nitrogens with one attached hydrogen (secondary N) is 4. The zero-order valence-corrected chi connectivity index (χ0v) is 76.2. The molecule has 6 fully saturated rings. The van der Waals surface area contributed by atoms with Crippen LogP contribution in [0.4, 0.5) is 11.4 Å². The molecule has 126 heavy (non-hydrogen) atoms. The van der Waals surface area contributed by atoms with Crippen molar-refractivity contribution in [3.8, 4) is 11.5 Å².